The average Bonchev–Trinajstić information content (AvgIpc) is 3.78. The Bertz CT molecular complexity index is 2200. The molecule has 0 bridgehead atoms. The van der Waals surface area contributed by atoms with Crippen LogP contribution in [0.3, 0.4) is 0 Å². The number of benzene rings is 2. The van der Waals surface area contributed by atoms with E-state index in [1.807, 2.05) is 47.1 Å². The summed E-state index contributed by atoms with van der Waals surface area (Å²) < 4.78 is 18.5. The van der Waals surface area contributed by atoms with Crippen LogP contribution in [0.4, 0.5) is 15.3 Å². The Morgan fingerprint density at radius 3 is 2.33 bits per heavy atom. The maximum Gasteiger partial charge on any atom is 0.419 e. The number of aromatic nitrogens is 1. The fourth-order valence-corrected chi connectivity index (χ4v) is 10.1. The number of piperidine rings is 2. The number of nitrogens with one attached hydrogen (secondary N) is 1. The molecular weight excluding hydrogens is 809 g/mol. The average molecular weight is 871 g/mol. The van der Waals surface area contributed by atoms with Gasteiger partial charge in [-0.2, -0.15) is 0 Å². The quantitative estimate of drug-likeness (QED) is 0.197. The minimum Gasteiger partial charge on any atom is -0.466 e. The van der Waals surface area contributed by atoms with E-state index in [1.54, 1.807) is 22.9 Å². The molecule has 0 spiro atoms. The van der Waals surface area contributed by atoms with Crippen molar-refractivity contribution in [1.82, 2.24) is 34.0 Å². The summed E-state index contributed by atoms with van der Waals surface area (Å²) in [6.07, 6.45) is 4.88. The van der Waals surface area contributed by atoms with Gasteiger partial charge in [-0.05, 0) is 93.8 Å². The van der Waals surface area contributed by atoms with Gasteiger partial charge in [0.15, 0.2) is 11.7 Å². The summed E-state index contributed by atoms with van der Waals surface area (Å²) in [5, 5.41) is 3.05. The van der Waals surface area contributed by atoms with Gasteiger partial charge < -0.3 is 43.7 Å². The SMILES string of the molecule is Cc1cc(C[C@@H](OC(=O)N2CCC(N3CCc4ccccc4NC3=O)CC2)C(=O)N2CCN(C3CCN(CCC(=O)OCCCN4CCCC4=O)CC3)CC2)cc2oc(=O)n(C)c12. The third-order valence-corrected chi connectivity index (χ3v) is 13.7. The van der Waals surface area contributed by atoms with Gasteiger partial charge in [0.1, 0.15) is 0 Å². The van der Waals surface area contributed by atoms with Crippen LogP contribution < -0.4 is 11.1 Å². The number of carbonyl (C=O) groups is 5. The van der Waals surface area contributed by atoms with Crippen molar-refractivity contribution in [2.24, 2.45) is 7.05 Å². The van der Waals surface area contributed by atoms with Crippen molar-refractivity contribution in [2.75, 3.05) is 90.5 Å². The predicted octanol–water partition coefficient (Wildman–Crippen LogP) is 3.60. The summed E-state index contributed by atoms with van der Waals surface area (Å²) in [6.45, 7) is 9.88. The van der Waals surface area contributed by atoms with Gasteiger partial charge in [0.25, 0.3) is 5.91 Å². The second-order valence-electron chi connectivity index (χ2n) is 17.8. The number of urea groups is 1. The monoisotopic (exact) mass is 870 g/mol. The van der Waals surface area contributed by atoms with Crippen LogP contribution in [0.25, 0.3) is 11.1 Å². The van der Waals surface area contributed by atoms with Crippen LogP contribution in [-0.2, 0) is 43.7 Å². The fraction of sp³-hybridized carbons (Fsp3) is 0.609. The minimum atomic E-state index is -1.09. The first kappa shape index (κ1) is 44.2. The molecule has 0 unspecified atom stereocenters. The summed E-state index contributed by atoms with van der Waals surface area (Å²) in [5.41, 5.74) is 4.57. The van der Waals surface area contributed by atoms with Crippen LogP contribution in [0.15, 0.2) is 45.6 Å². The molecule has 5 aliphatic rings. The number of hydrogen-bond acceptors (Lipinski definition) is 11. The molecular formula is C46H62N8O9. The predicted molar refractivity (Wildman–Crippen MR) is 234 cm³/mol. The number of fused-ring (bicyclic) bond motifs is 2. The van der Waals surface area contributed by atoms with Crippen molar-refractivity contribution in [3.05, 3.63) is 63.6 Å². The number of aryl methyl sites for hydroxylation is 2. The van der Waals surface area contributed by atoms with Crippen LogP contribution in [0, 0.1) is 6.92 Å². The number of oxazole rings is 1. The number of likely N-dealkylation sites (tertiary alicyclic amines) is 3. The van der Waals surface area contributed by atoms with Gasteiger partial charge in [0, 0.05) is 103 Å². The molecule has 1 atom stereocenters. The zero-order chi connectivity index (χ0) is 44.0. The summed E-state index contributed by atoms with van der Waals surface area (Å²) in [6, 6.07) is 11.7. The maximum atomic E-state index is 14.4. The number of esters is 1. The van der Waals surface area contributed by atoms with Crippen LogP contribution in [0.1, 0.15) is 68.1 Å². The summed E-state index contributed by atoms with van der Waals surface area (Å²) >= 11 is 0. The molecule has 4 fully saturated rings. The fourth-order valence-electron chi connectivity index (χ4n) is 10.1. The Labute approximate surface area is 368 Å². The topological polar surface area (TPSA) is 170 Å². The van der Waals surface area contributed by atoms with E-state index < -0.39 is 18.0 Å². The standard InChI is InChI=1S/C46H62N8O9/c1-32-29-33(30-38-42(32)48(2)45(59)62-38)31-39(63-46(60)53-21-13-36(14-22-53)54-23-10-34-7-3-4-8-37(34)47-44(54)58)43(57)52-26-24-50(25-27-52)35-11-18-49(19-12-35)20-15-41(56)61-28-6-17-51-16-5-9-40(51)55/h3-4,7-8,29-30,35-36,39H,5-6,9-28,31H2,1-2H3,(H,47,58)/t39-/m1/s1. The van der Waals surface area contributed by atoms with E-state index in [0.29, 0.717) is 115 Å². The van der Waals surface area contributed by atoms with Gasteiger partial charge in [0.05, 0.1) is 18.5 Å². The Morgan fingerprint density at radius 2 is 1.59 bits per heavy atom. The lowest BCUT2D eigenvalue weighted by Gasteiger charge is -2.43. The van der Waals surface area contributed by atoms with Crippen LogP contribution >= 0.6 is 0 Å². The molecule has 1 N–H and O–H groups in total. The number of piperazine rings is 1. The molecule has 2 aromatic carbocycles. The van der Waals surface area contributed by atoms with Crippen molar-refractivity contribution >= 4 is 46.7 Å². The van der Waals surface area contributed by atoms with Gasteiger partial charge in [0.2, 0.25) is 5.91 Å². The summed E-state index contributed by atoms with van der Waals surface area (Å²) in [5.74, 6) is -0.741. The van der Waals surface area contributed by atoms with E-state index >= 15 is 0 Å². The number of amides is 5. The summed E-state index contributed by atoms with van der Waals surface area (Å²) in [7, 11) is 1.66. The third kappa shape index (κ3) is 10.5. The highest BCUT2D eigenvalue weighted by Gasteiger charge is 2.37. The molecule has 63 heavy (non-hydrogen) atoms. The Kier molecular flexibility index (Phi) is 14.0. The number of rotatable bonds is 13. The Balaban J connectivity index is 0.827. The normalized spacial score (nSPS) is 20.2. The largest absolute Gasteiger partial charge is 0.466 e. The zero-order valence-electron chi connectivity index (χ0n) is 36.8. The Morgan fingerprint density at radius 1 is 0.841 bits per heavy atom. The van der Waals surface area contributed by atoms with Gasteiger partial charge >= 0.3 is 23.8 Å². The van der Waals surface area contributed by atoms with E-state index in [1.165, 1.54) is 4.57 Å². The number of nitrogens with zero attached hydrogens (tertiary/aromatic N) is 7. The minimum absolute atomic E-state index is 0.0294. The second-order valence-corrected chi connectivity index (χ2v) is 17.8. The highest BCUT2D eigenvalue weighted by atomic mass is 16.6. The molecule has 5 aliphatic heterocycles. The molecule has 0 aliphatic carbocycles. The van der Waals surface area contributed by atoms with Crippen molar-refractivity contribution in [1.29, 1.82) is 0 Å². The number of hydrogen-bond donors (Lipinski definition) is 1. The van der Waals surface area contributed by atoms with Crippen LogP contribution in [-0.4, -0.2) is 167 Å². The van der Waals surface area contributed by atoms with Crippen molar-refractivity contribution in [3.63, 3.8) is 0 Å². The second kappa shape index (κ2) is 20.0. The Hall–Kier alpha value is -5.42. The van der Waals surface area contributed by atoms with E-state index in [4.69, 9.17) is 13.9 Å². The number of anilines is 1. The molecule has 3 aromatic rings. The number of ether oxygens (including phenoxy) is 2. The lowest BCUT2D eigenvalue weighted by molar-refractivity contribution is -0.145. The molecule has 17 heteroatoms. The highest BCUT2D eigenvalue weighted by molar-refractivity contribution is 5.91. The molecule has 5 amide bonds. The van der Waals surface area contributed by atoms with E-state index in [9.17, 15) is 28.8 Å². The first-order valence-corrected chi connectivity index (χ1v) is 22.9. The first-order valence-electron chi connectivity index (χ1n) is 22.9. The number of carbonyl (C=O) groups excluding carboxylic acids is 5. The van der Waals surface area contributed by atoms with Gasteiger partial charge in [-0.25, -0.2) is 14.4 Å². The van der Waals surface area contributed by atoms with Gasteiger partial charge in [-0.3, -0.25) is 23.9 Å². The molecule has 4 saturated heterocycles. The van der Waals surface area contributed by atoms with Gasteiger partial charge in [-0.1, -0.05) is 24.3 Å². The first-order chi connectivity index (χ1) is 30.5. The van der Waals surface area contributed by atoms with E-state index in [2.05, 4.69) is 15.1 Å². The lowest BCUT2D eigenvalue weighted by Crippen LogP contribution is -2.56. The van der Waals surface area contributed by atoms with Crippen LogP contribution in [0.5, 0.6) is 0 Å². The van der Waals surface area contributed by atoms with Crippen molar-refractivity contribution in [3.8, 4) is 0 Å². The molecule has 0 saturated carbocycles. The smallest absolute Gasteiger partial charge is 0.419 e. The number of para-hydroxylation sites is 1. The van der Waals surface area contributed by atoms with Gasteiger partial charge in [-0.15, -0.1) is 0 Å². The van der Waals surface area contributed by atoms with Crippen molar-refractivity contribution < 1.29 is 37.9 Å². The molecule has 340 valence electrons. The molecule has 17 nitrogen and oxygen atoms in total. The van der Waals surface area contributed by atoms with E-state index in [0.717, 1.165) is 67.7 Å². The molecule has 0 radical (unpaired) electrons. The van der Waals surface area contributed by atoms with Crippen molar-refractivity contribution in [2.45, 2.75) is 89.3 Å². The lowest BCUT2D eigenvalue weighted by atomic mass is 10.0. The van der Waals surface area contributed by atoms with E-state index in [-0.39, 0.29) is 36.3 Å². The maximum absolute atomic E-state index is 14.4. The molecule has 1 aromatic heterocycles. The zero-order valence-corrected chi connectivity index (χ0v) is 36.8. The summed E-state index contributed by atoms with van der Waals surface area (Å²) in [4.78, 5) is 89.9. The molecule has 8 rings (SSSR count). The highest BCUT2D eigenvalue weighted by Crippen LogP contribution is 2.27. The molecule has 6 heterocycles. The third-order valence-electron chi connectivity index (χ3n) is 13.7. The van der Waals surface area contributed by atoms with Crippen LogP contribution in [0.2, 0.25) is 0 Å².